The van der Waals surface area contributed by atoms with Crippen LogP contribution in [0.25, 0.3) is 11.0 Å². The summed E-state index contributed by atoms with van der Waals surface area (Å²) in [4.78, 5) is 13.6. The number of allylic oxidation sites excluding steroid dienone is 1. The van der Waals surface area contributed by atoms with E-state index >= 15 is 0 Å². The number of hydrogen-bond donors (Lipinski definition) is 1. The van der Waals surface area contributed by atoms with Gasteiger partial charge in [-0.1, -0.05) is 48.2 Å². The number of methoxy groups -OCH3 is 1. The van der Waals surface area contributed by atoms with Crippen molar-refractivity contribution < 1.29 is 9.15 Å². The third-order valence-electron chi connectivity index (χ3n) is 4.42. The summed E-state index contributed by atoms with van der Waals surface area (Å²) in [5.41, 5.74) is 7.69. The van der Waals surface area contributed by atoms with Gasteiger partial charge in [-0.05, 0) is 12.1 Å². The van der Waals surface area contributed by atoms with Crippen molar-refractivity contribution in [2.24, 2.45) is 5.73 Å². The maximum atomic E-state index is 12.8. The minimum absolute atomic E-state index is 0.328. The van der Waals surface area contributed by atoms with Gasteiger partial charge in [0.25, 0.3) is 0 Å². The molecule has 0 amide bonds. The first-order chi connectivity index (χ1) is 12.7. The summed E-state index contributed by atoms with van der Waals surface area (Å²) in [5.74, 6) is -0.0447. The molecule has 0 saturated carbocycles. The molecule has 0 spiro atoms. The molecule has 0 fully saturated rings. The van der Waals surface area contributed by atoms with Gasteiger partial charge in [0.2, 0.25) is 0 Å². The lowest BCUT2D eigenvalue weighted by atomic mass is 9.85. The summed E-state index contributed by atoms with van der Waals surface area (Å²) in [5, 5.41) is 10.9. The van der Waals surface area contributed by atoms with Crippen LogP contribution >= 0.6 is 11.8 Å². The monoisotopic (exact) mass is 362 g/mol. The van der Waals surface area contributed by atoms with Crippen molar-refractivity contribution in [3.05, 3.63) is 80.7 Å². The van der Waals surface area contributed by atoms with Gasteiger partial charge < -0.3 is 14.9 Å². The van der Waals surface area contributed by atoms with Crippen LogP contribution in [-0.4, -0.2) is 7.11 Å². The van der Waals surface area contributed by atoms with Crippen LogP contribution in [0, 0.1) is 11.3 Å². The first-order valence-corrected chi connectivity index (χ1v) is 8.73. The van der Waals surface area contributed by atoms with Gasteiger partial charge in [-0.3, -0.25) is 0 Å². The van der Waals surface area contributed by atoms with E-state index < -0.39 is 11.5 Å². The van der Waals surface area contributed by atoms with Crippen molar-refractivity contribution in [3.8, 4) is 11.8 Å². The van der Waals surface area contributed by atoms with E-state index in [0.717, 1.165) is 10.3 Å². The molecular weight excluding hydrogens is 348 g/mol. The maximum absolute atomic E-state index is 12.8. The van der Waals surface area contributed by atoms with E-state index in [9.17, 15) is 10.1 Å². The molecule has 1 atom stereocenters. The predicted molar refractivity (Wildman–Crippen MR) is 100 cm³/mol. The molecule has 26 heavy (non-hydrogen) atoms. The highest BCUT2D eigenvalue weighted by Crippen LogP contribution is 2.48. The molecule has 1 unspecified atom stereocenters. The molecule has 1 aliphatic heterocycles. The van der Waals surface area contributed by atoms with Crippen LogP contribution in [0.2, 0.25) is 0 Å². The summed E-state index contributed by atoms with van der Waals surface area (Å²) in [6.45, 7) is 0. The van der Waals surface area contributed by atoms with Crippen LogP contribution in [0.1, 0.15) is 17.0 Å². The molecule has 1 aromatic heterocycles. The molecule has 1 aliphatic rings. The number of thioether (sulfide) groups is 1. The smallest absolute Gasteiger partial charge is 0.341 e. The topological polar surface area (TPSA) is 89.2 Å². The van der Waals surface area contributed by atoms with Crippen LogP contribution in [0.15, 0.2) is 73.2 Å². The van der Waals surface area contributed by atoms with Crippen LogP contribution < -0.4 is 16.1 Å². The number of ether oxygens (including phenoxy) is 1. The number of hydrogen-bond acceptors (Lipinski definition) is 6. The third kappa shape index (κ3) is 2.37. The molecular formula is C20H14N2O3S. The van der Waals surface area contributed by atoms with Gasteiger partial charge in [-0.15, -0.1) is 0 Å². The lowest BCUT2D eigenvalue weighted by molar-refractivity contribution is 0.408. The molecule has 128 valence electrons. The van der Waals surface area contributed by atoms with E-state index in [0.29, 0.717) is 33.1 Å². The fourth-order valence-electron chi connectivity index (χ4n) is 3.28. The van der Waals surface area contributed by atoms with Gasteiger partial charge in [0.05, 0.1) is 35.3 Å². The van der Waals surface area contributed by atoms with Gasteiger partial charge in [0.1, 0.15) is 11.3 Å². The minimum atomic E-state index is -0.631. The molecule has 4 rings (SSSR count). The molecule has 2 N–H and O–H groups in total. The Balaban J connectivity index is 2.11. The number of rotatable bonds is 2. The number of para-hydroxylation sites is 2. The number of fused-ring (bicyclic) bond motifs is 3. The minimum Gasteiger partial charge on any atom is -0.496 e. The Kier molecular flexibility index (Phi) is 3.94. The zero-order valence-corrected chi connectivity index (χ0v) is 14.7. The second-order valence-corrected chi connectivity index (χ2v) is 6.85. The van der Waals surface area contributed by atoms with Crippen LogP contribution in [0.5, 0.6) is 5.75 Å². The van der Waals surface area contributed by atoms with Crippen LogP contribution in [-0.2, 0) is 0 Å². The van der Waals surface area contributed by atoms with Gasteiger partial charge in [0.15, 0.2) is 0 Å². The van der Waals surface area contributed by atoms with Crippen LogP contribution in [0.3, 0.4) is 0 Å². The summed E-state index contributed by atoms with van der Waals surface area (Å²) < 4.78 is 11.0. The Hall–Kier alpha value is -3.17. The van der Waals surface area contributed by atoms with E-state index in [-0.39, 0.29) is 0 Å². The Morgan fingerprint density at radius 3 is 2.69 bits per heavy atom. The normalized spacial score (nSPS) is 16.2. The SMILES string of the molecule is COc1ccccc1C1C(C#N)=C(N)Sc2c1c(=O)oc1ccccc21. The predicted octanol–water partition coefficient (Wildman–Crippen LogP) is 3.73. The second kappa shape index (κ2) is 6.28. The molecule has 0 bridgehead atoms. The molecule has 2 aromatic carbocycles. The molecule has 6 heteroatoms. The summed E-state index contributed by atoms with van der Waals surface area (Å²) in [6.07, 6.45) is 0. The third-order valence-corrected chi connectivity index (χ3v) is 5.51. The molecule has 5 nitrogen and oxygen atoms in total. The zero-order chi connectivity index (χ0) is 18.3. The number of nitrogens with zero attached hydrogens (tertiary/aromatic N) is 1. The van der Waals surface area contributed by atoms with E-state index in [1.807, 2.05) is 36.4 Å². The fourth-order valence-corrected chi connectivity index (χ4v) is 4.36. The van der Waals surface area contributed by atoms with Gasteiger partial charge in [-0.25, -0.2) is 4.79 Å². The van der Waals surface area contributed by atoms with Gasteiger partial charge in [-0.2, -0.15) is 5.26 Å². The fraction of sp³-hybridized carbons (Fsp3) is 0.100. The molecule has 0 saturated heterocycles. The number of nitrogens with two attached hydrogens (primary N) is 1. The summed E-state index contributed by atoms with van der Waals surface area (Å²) in [7, 11) is 1.55. The highest BCUT2D eigenvalue weighted by atomic mass is 32.2. The average Bonchev–Trinajstić information content (AvgIpc) is 2.67. The Bertz CT molecular complexity index is 1160. The van der Waals surface area contributed by atoms with E-state index in [1.165, 1.54) is 11.8 Å². The first-order valence-electron chi connectivity index (χ1n) is 7.92. The highest BCUT2D eigenvalue weighted by Gasteiger charge is 2.35. The number of benzene rings is 2. The maximum Gasteiger partial charge on any atom is 0.341 e. The first kappa shape index (κ1) is 16.3. The zero-order valence-electron chi connectivity index (χ0n) is 13.9. The average molecular weight is 362 g/mol. The van der Waals surface area contributed by atoms with Gasteiger partial charge >= 0.3 is 5.63 Å². The molecule has 0 aliphatic carbocycles. The van der Waals surface area contributed by atoms with E-state index in [4.69, 9.17) is 14.9 Å². The van der Waals surface area contributed by atoms with Crippen molar-refractivity contribution in [1.29, 1.82) is 5.26 Å². The van der Waals surface area contributed by atoms with Gasteiger partial charge in [0, 0.05) is 15.8 Å². The largest absolute Gasteiger partial charge is 0.496 e. The number of nitriles is 1. The Morgan fingerprint density at radius 1 is 1.19 bits per heavy atom. The lowest BCUT2D eigenvalue weighted by Gasteiger charge is -2.26. The van der Waals surface area contributed by atoms with Crippen molar-refractivity contribution in [1.82, 2.24) is 0 Å². The molecule has 2 heterocycles. The molecule has 3 aromatic rings. The Labute approximate surface area is 153 Å². The Morgan fingerprint density at radius 2 is 1.92 bits per heavy atom. The van der Waals surface area contributed by atoms with E-state index in [2.05, 4.69) is 6.07 Å². The quantitative estimate of drug-likeness (QED) is 0.699. The standard InChI is InChI=1S/C20H14N2O3S/c1-24-14-8-4-2-6-11(14)16-13(10-21)19(22)26-18-12-7-3-5-9-15(12)25-20(23)17(16)18/h2-9,16H,22H2,1H3. The second-order valence-electron chi connectivity index (χ2n) is 5.80. The van der Waals surface area contributed by atoms with Crippen molar-refractivity contribution in [3.63, 3.8) is 0 Å². The summed E-state index contributed by atoms with van der Waals surface area (Å²) in [6, 6.07) is 16.8. The van der Waals surface area contributed by atoms with E-state index in [1.54, 1.807) is 19.2 Å². The lowest BCUT2D eigenvalue weighted by Crippen LogP contribution is -2.22. The van der Waals surface area contributed by atoms with Crippen molar-refractivity contribution in [2.45, 2.75) is 10.8 Å². The highest BCUT2D eigenvalue weighted by molar-refractivity contribution is 8.03. The summed E-state index contributed by atoms with van der Waals surface area (Å²) >= 11 is 1.23. The van der Waals surface area contributed by atoms with Crippen molar-refractivity contribution >= 4 is 22.7 Å². The van der Waals surface area contributed by atoms with Crippen molar-refractivity contribution in [2.75, 3.05) is 7.11 Å². The molecule has 0 radical (unpaired) electrons. The van der Waals surface area contributed by atoms with Crippen LogP contribution in [0.4, 0.5) is 0 Å².